The second-order valence-corrected chi connectivity index (χ2v) is 3.96. The number of hydrogen-bond acceptors (Lipinski definition) is 3. The van der Waals surface area contributed by atoms with Crippen molar-refractivity contribution in [2.45, 2.75) is 5.75 Å². The zero-order valence-electron chi connectivity index (χ0n) is 8.04. The Kier molecular flexibility index (Phi) is 4.91. The molecule has 0 amide bonds. The molecule has 0 radical (unpaired) electrons. The molecular formula is C10H11ClFN2S-. The zero-order valence-corrected chi connectivity index (χ0v) is 9.61. The van der Waals surface area contributed by atoms with Gasteiger partial charge >= 0.3 is 0 Å². The van der Waals surface area contributed by atoms with Gasteiger partial charge in [0.1, 0.15) is 5.82 Å². The van der Waals surface area contributed by atoms with Crippen LogP contribution in [0.15, 0.2) is 29.3 Å². The van der Waals surface area contributed by atoms with E-state index < -0.39 is 0 Å². The number of halogens is 2. The van der Waals surface area contributed by atoms with E-state index in [0.717, 1.165) is 23.8 Å². The first-order valence-corrected chi connectivity index (χ1v) is 5.49. The summed E-state index contributed by atoms with van der Waals surface area (Å²) in [5.41, 5.74) is 0.730. The van der Waals surface area contributed by atoms with Crippen LogP contribution >= 0.6 is 11.8 Å². The lowest BCUT2D eigenvalue weighted by Crippen LogP contribution is -3.00. The molecular weight excluding hydrogens is 235 g/mol. The zero-order chi connectivity index (χ0) is 9.80. The predicted molar refractivity (Wildman–Crippen MR) is 58.0 cm³/mol. The van der Waals surface area contributed by atoms with Crippen LogP contribution in [0.4, 0.5) is 4.39 Å². The monoisotopic (exact) mass is 245 g/mol. The molecule has 0 unspecified atom stereocenters. The van der Waals surface area contributed by atoms with Crippen molar-refractivity contribution in [3.05, 3.63) is 35.6 Å². The van der Waals surface area contributed by atoms with Crippen molar-refractivity contribution in [3.63, 3.8) is 0 Å². The van der Waals surface area contributed by atoms with E-state index in [1.54, 1.807) is 23.9 Å². The van der Waals surface area contributed by atoms with E-state index in [2.05, 4.69) is 10.3 Å². The maximum atomic E-state index is 13.2. The minimum Gasteiger partial charge on any atom is -1.00 e. The molecule has 2 rings (SSSR count). The summed E-state index contributed by atoms with van der Waals surface area (Å²) in [6.07, 6.45) is 0. The fraction of sp³-hybridized carbons (Fsp3) is 0.300. The predicted octanol–water partition coefficient (Wildman–Crippen LogP) is -0.978. The van der Waals surface area contributed by atoms with Crippen molar-refractivity contribution in [3.8, 4) is 0 Å². The molecule has 1 heterocycles. The molecule has 82 valence electrons. The van der Waals surface area contributed by atoms with Gasteiger partial charge in [0, 0.05) is 12.3 Å². The van der Waals surface area contributed by atoms with Crippen LogP contribution in [0.2, 0.25) is 0 Å². The molecule has 0 saturated carbocycles. The highest BCUT2D eigenvalue weighted by atomic mass is 35.5. The third-order valence-corrected chi connectivity index (χ3v) is 2.97. The molecule has 1 N–H and O–H groups in total. The van der Waals surface area contributed by atoms with E-state index in [0.29, 0.717) is 5.75 Å². The lowest BCUT2D eigenvalue weighted by molar-refractivity contribution is -0.00000340. The molecule has 0 aromatic heterocycles. The number of hydrogen-bond donors (Lipinski definition) is 1. The van der Waals surface area contributed by atoms with E-state index >= 15 is 0 Å². The molecule has 5 heteroatoms. The Hall–Kier alpha value is -0.740. The van der Waals surface area contributed by atoms with Gasteiger partial charge in [-0.25, -0.2) is 4.39 Å². The maximum absolute atomic E-state index is 13.2. The lowest BCUT2D eigenvalue weighted by Gasteiger charge is -2.02. The number of amidine groups is 1. The molecule has 1 aromatic carbocycles. The molecule has 0 saturated heterocycles. The van der Waals surface area contributed by atoms with Gasteiger partial charge in [0.25, 0.3) is 0 Å². The molecule has 0 atom stereocenters. The van der Waals surface area contributed by atoms with E-state index in [1.807, 2.05) is 6.07 Å². The van der Waals surface area contributed by atoms with Crippen molar-refractivity contribution in [1.29, 1.82) is 0 Å². The van der Waals surface area contributed by atoms with Crippen LogP contribution in [0, 0.1) is 5.82 Å². The minimum absolute atomic E-state index is 0. The van der Waals surface area contributed by atoms with Crippen molar-refractivity contribution in [2.75, 3.05) is 13.1 Å². The van der Waals surface area contributed by atoms with Crippen molar-refractivity contribution < 1.29 is 16.8 Å². The van der Waals surface area contributed by atoms with E-state index in [-0.39, 0.29) is 18.2 Å². The summed E-state index contributed by atoms with van der Waals surface area (Å²) in [5, 5.41) is 4.06. The van der Waals surface area contributed by atoms with Crippen LogP contribution in [0.3, 0.4) is 0 Å². The SMILES string of the molecule is Fc1ccccc1CSC1=NCCN1.[Cl-]. The Morgan fingerprint density at radius 1 is 1.40 bits per heavy atom. The normalized spacial score (nSPS) is 14.1. The van der Waals surface area contributed by atoms with Gasteiger partial charge in [0.15, 0.2) is 5.17 Å². The van der Waals surface area contributed by atoms with Gasteiger partial charge < -0.3 is 17.7 Å². The Morgan fingerprint density at radius 3 is 2.87 bits per heavy atom. The molecule has 0 aliphatic carbocycles. The highest BCUT2D eigenvalue weighted by molar-refractivity contribution is 8.13. The number of aliphatic imine (C=N–C) groups is 1. The van der Waals surface area contributed by atoms with Crippen LogP contribution in [0.5, 0.6) is 0 Å². The van der Waals surface area contributed by atoms with Crippen LogP contribution in [-0.4, -0.2) is 18.3 Å². The molecule has 1 aliphatic heterocycles. The Balaban J connectivity index is 0.00000112. The molecule has 1 aliphatic rings. The largest absolute Gasteiger partial charge is 1.00 e. The number of nitrogens with zero attached hydrogens (tertiary/aromatic N) is 1. The van der Waals surface area contributed by atoms with Gasteiger partial charge in [0.05, 0.1) is 6.54 Å². The first-order chi connectivity index (χ1) is 6.86. The molecule has 1 aromatic rings. The first-order valence-electron chi connectivity index (χ1n) is 4.51. The van der Waals surface area contributed by atoms with Crippen molar-refractivity contribution >= 4 is 16.9 Å². The van der Waals surface area contributed by atoms with Crippen molar-refractivity contribution in [1.82, 2.24) is 5.32 Å². The smallest absolute Gasteiger partial charge is 0.157 e. The van der Waals surface area contributed by atoms with Crippen LogP contribution in [0.25, 0.3) is 0 Å². The van der Waals surface area contributed by atoms with Gasteiger partial charge in [-0.1, -0.05) is 30.0 Å². The highest BCUT2D eigenvalue weighted by Gasteiger charge is 2.07. The summed E-state index contributed by atoms with van der Waals surface area (Å²) in [7, 11) is 0. The summed E-state index contributed by atoms with van der Waals surface area (Å²) in [6.45, 7) is 1.74. The standard InChI is InChI=1S/C10H11FN2S.ClH/c11-9-4-2-1-3-8(9)7-14-10-12-5-6-13-10;/h1-4H,5-7H2,(H,12,13);1H/p-1. The summed E-state index contributed by atoms with van der Waals surface area (Å²) in [6, 6.07) is 6.84. The molecule has 15 heavy (non-hydrogen) atoms. The van der Waals surface area contributed by atoms with Gasteiger partial charge in [-0.05, 0) is 11.6 Å². The van der Waals surface area contributed by atoms with Gasteiger partial charge in [-0.2, -0.15) is 0 Å². The topological polar surface area (TPSA) is 24.4 Å². The molecule has 0 fully saturated rings. The van der Waals surface area contributed by atoms with Crippen LogP contribution in [-0.2, 0) is 5.75 Å². The Morgan fingerprint density at radius 2 is 2.20 bits per heavy atom. The third kappa shape index (κ3) is 3.39. The Bertz CT molecular complexity index is 357. The summed E-state index contributed by atoms with van der Waals surface area (Å²) >= 11 is 1.55. The minimum atomic E-state index is -0.140. The summed E-state index contributed by atoms with van der Waals surface area (Å²) in [4.78, 5) is 4.23. The maximum Gasteiger partial charge on any atom is 0.157 e. The average Bonchev–Trinajstić information content (AvgIpc) is 2.69. The van der Waals surface area contributed by atoms with E-state index in [4.69, 9.17) is 0 Å². The third-order valence-electron chi connectivity index (χ3n) is 1.97. The molecule has 0 spiro atoms. The molecule has 0 bridgehead atoms. The van der Waals surface area contributed by atoms with Crippen LogP contribution in [0.1, 0.15) is 5.56 Å². The second kappa shape index (κ2) is 5.98. The lowest BCUT2D eigenvalue weighted by atomic mass is 10.2. The van der Waals surface area contributed by atoms with Gasteiger partial charge in [-0.15, -0.1) is 0 Å². The number of rotatable bonds is 2. The quantitative estimate of drug-likeness (QED) is 0.725. The highest BCUT2D eigenvalue weighted by Crippen LogP contribution is 2.16. The van der Waals surface area contributed by atoms with Gasteiger partial charge in [-0.3, -0.25) is 4.99 Å². The number of benzene rings is 1. The number of thioether (sulfide) groups is 1. The fourth-order valence-corrected chi connectivity index (χ4v) is 2.15. The van der Waals surface area contributed by atoms with Gasteiger partial charge in [0.2, 0.25) is 0 Å². The van der Waals surface area contributed by atoms with Crippen molar-refractivity contribution in [2.24, 2.45) is 4.99 Å². The van der Waals surface area contributed by atoms with E-state index in [1.165, 1.54) is 6.07 Å². The fourth-order valence-electron chi connectivity index (χ4n) is 1.23. The van der Waals surface area contributed by atoms with Crippen LogP contribution < -0.4 is 17.7 Å². The number of nitrogens with one attached hydrogen (secondary N) is 1. The molecule has 2 nitrogen and oxygen atoms in total. The Labute approximate surface area is 98.8 Å². The average molecular weight is 246 g/mol. The summed E-state index contributed by atoms with van der Waals surface area (Å²) < 4.78 is 13.2. The first kappa shape index (κ1) is 12.3. The summed E-state index contributed by atoms with van der Waals surface area (Å²) in [5.74, 6) is 0.497. The second-order valence-electron chi connectivity index (χ2n) is 2.99. The van der Waals surface area contributed by atoms with E-state index in [9.17, 15) is 4.39 Å².